The summed E-state index contributed by atoms with van der Waals surface area (Å²) in [6, 6.07) is 21.6. The lowest BCUT2D eigenvalue weighted by molar-refractivity contribution is -0.121. The van der Waals surface area contributed by atoms with E-state index < -0.39 is 6.04 Å². The molecule has 1 unspecified atom stereocenters. The number of carbonyl (C=O) groups excluding carboxylic acids is 1. The summed E-state index contributed by atoms with van der Waals surface area (Å²) < 4.78 is 2.50. The molecule has 6 rings (SSSR count). The Bertz CT molecular complexity index is 1700. The van der Waals surface area contributed by atoms with Gasteiger partial charge in [-0.25, -0.2) is 9.67 Å². The largest absolute Gasteiger partial charge is 0.371 e. The molecular weight excluding hydrogens is 546 g/mol. The van der Waals surface area contributed by atoms with Crippen LogP contribution in [0.25, 0.3) is 21.9 Å². The van der Waals surface area contributed by atoms with Gasteiger partial charge in [0.15, 0.2) is 5.82 Å². The fraction of sp³-hybridized carbons (Fsp3) is 0.148. The number of benzene rings is 3. The van der Waals surface area contributed by atoms with Gasteiger partial charge in [-0.1, -0.05) is 46.3 Å². The molecule has 0 saturated carbocycles. The minimum atomic E-state index is -0.395. The number of fused-ring (bicyclic) bond motifs is 2. The van der Waals surface area contributed by atoms with E-state index in [9.17, 15) is 4.79 Å². The number of carbonyl (C=O) groups is 1. The lowest BCUT2D eigenvalue weighted by atomic mass is 10.1. The minimum absolute atomic E-state index is 0.00330. The van der Waals surface area contributed by atoms with Gasteiger partial charge in [-0.2, -0.15) is 0 Å². The van der Waals surface area contributed by atoms with Crippen molar-refractivity contribution in [3.05, 3.63) is 101 Å². The molecule has 3 aromatic carbocycles. The molecule has 1 atom stereocenters. The van der Waals surface area contributed by atoms with Crippen LogP contribution in [-0.2, 0) is 17.8 Å². The average molecular weight is 570 g/mol. The molecule has 1 amide bonds. The number of halogens is 1. The lowest BCUT2D eigenvalue weighted by Crippen LogP contribution is -2.31. The smallest absolute Gasteiger partial charge is 0.241 e. The second-order valence-electron chi connectivity index (χ2n) is 8.92. The van der Waals surface area contributed by atoms with Crippen molar-refractivity contribution in [3.63, 3.8) is 0 Å². The van der Waals surface area contributed by atoms with Gasteiger partial charge in [-0.05, 0) is 64.4 Å². The molecule has 0 aliphatic carbocycles. The van der Waals surface area contributed by atoms with Crippen LogP contribution >= 0.6 is 15.9 Å². The average Bonchev–Trinajstić information content (AvgIpc) is 3.68. The molecule has 0 spiro atoms. The quantitative estimate of drug-likeness (QED) is 0.205. The summed E-state index contributed by atoms with van der Waals surface area (Å²) in [5.74, 6) is 0.368. The molecule has 0 radical (unpaired) electrons. The summed E-state index contributed by atoms with van der Waals surface area (Å²) >= 11 is 3.50. The normalized spacial score (nSPS) is 12.1. The Morgan fingerprint density at radius 1 is 1.03 bits per heavy atom. The molecule has 0 aliphatic rings. The van der Waals surface area contributed by atoms with Gasteiger partial charge in [-0.15, -0.1) is 5.10 Å². The molecule has 190 valence electrons. The highest BCUT2D eigenvalue weighted by Crippen LogP contribution is 2.27. The summed E-state index contributed by atoms with van der Waals surface area (Å²) in [5.41, 5.74) is 5.85. The van der Waals surface area contributed by atoms with Crippen molar-refractivity contribution in [2.24, 2.45) is 0 Å². The van der Waals surface area contributed by atoms with Crippen molar-refractivity contribution in [3.8, 4) is 0 Å². The number of anilines is 1. The molecule has 11 heteroatoms. The highest BCUT2D eigenvalue weighted by Gasteiger charge is 2.23. The zero-order valence-electron chi connectivity index (χ0n) is 20.2. The van der Waals surface area contributed by atoms with Gasteiger partial charge in [-0.3, -0.25) is 4.79 Å². The number of aromatic nitrogens is 7. The minimum Gasteiger partial charge on any atom is -0.371 e. The summed E-state index contributed by atoms with van der Waals surface area (Å²) in [6.07, 6.45) is 4.38. The van der Waals surface area contributed by atoms with Gasteiger partial charge in [0.05, 0.1) is 17.4 Å². The maximum Gasteiger partial charge on any atom is 0.241 e. The molecule has 10 nitrogen and oxygen atoms in total. The number of tetrazole rings is 1. The van der Waals surface area contributed by atoms with Crippen LogP contribution in [0.2, 0.25) is 0 Å². The third-order valence-electron chi connectivity index (χ3n) is 6.44. The van der Waals surface area contributed by atoms with E-state index in [1.807, 2.05) is 66.9 Å². The van der Waals surface area contributed by atoms with E-state index in [-0.39, 0.29) is 12.5 Å². The van der Waals surface area contributed by atoms with Crippen LogP contribution in [0.15, 0.2) is 83.7 Å². The van der Waals surface area contributed by atoms with Gasteiger partial charge in [0.25, 0.3) is 0 Å². The number of para-hydroxylation sites is 1. The molecule has 3 heterocycles. The summed E-state index contributed by atoms with van der Waals surface area (Å²) in [4.78, 5) is 23.6. The van der Waals surface area contributed by atoms with E-state index in [0.717, 1.165) is 44.3 Å². The SMILES string of the molecule is O=C(Cn1nnnc1C(Nc1ccc2[nH]cnc2c1)c1ccc(Br)cc1)NCCc1c[nH]c2ccccc12. The fourth-order valence-electron chi connectivity index (χ4n) is 4.54. The van der Waals surface area contributed by atoms with Crippen LogP contribution in [0.5, 0.6) is 0 Å². The monoisotopic (exact) mass is 569 g/mol. The molecule has 0 aliphatic heterocycles. The number of rotatable bonds is 9. The molecular formula is C27H24BrN9O. The highest BCUT2D eigenvalue weighted by atomic mass is 79.9. The van der Waals surface area contributed by atoms with Gasteiger partial charge < -0.3 is 20.6 Å². The van der Waals surface area contributed by atoms with Crippen LogP contribution in [0.1, 0.15) is 23.0 Å². The maximum atomic E-state index is 12.9. The summed E-state index contributed by atoms with van der Waals surface area (Å²) in [6.45, 7) is 0.513. The Hall–Kier alpha value is -4.51. The first kappa shape index (κ1) is 23.9. The number of aromatic amines is 2. The van der Waals surface area contributed by atoms with Crippen LogP contribution < -0.4 is 10.6 Å². The Morgan fingerprint density at radius 3 is 2.79 bits per heavy atom. The van der Waals surface area contributed by atoms with E-state index in [0.29, 0.717) is 12.4 Å². The zero-order chi connectivity index (χ0) is 25.9. The van der Waals surface area contributed by atoms with E-state index >= 15 is 0 Å². The van der Waals surface area contributed by atoms with Crippen molar-refractivity contribution in [2.45, 2.75) is 19.0 Å². The van der Waals surface area contributed by atoms with Crippen molar-refractivity contribution in [1.82, 2.24) is 40.5 Å². The lowest BCUT2D eigenvalue weighted by Gasteiger charge is -2.20. The first-order valence-electron chi connectivity index (χ1n) is 12.2. The van der Waals surface area contributed by atoms with Crippen molar-refractivity contribution in [2.75, 3.05) is 11.9 Å². The van der Waals surface area contributed by atoms with E-state index in [1.165, 1.54) is 10.1 Å². The standard InChI is InChI=1S/C27H24BrN9O/c28-19-7-5-17(6-8-19)26(33-20-9-10-23-24(13-20)32-16-31-23)27-34-35-36-37(27)15-25(38)29-12-11-18-14-30-22-4-2-1-3-21(18)22/h1-10,13-14,16,26,30,33H,11-12,15H2,(H,29,38)(H,31,32). The summed E-state index contributed by atoms with van der Waals surface area (Å²) in [7, 11) is 0. The molecule has 0 saturated heterocycles. The van der Waals surface area contributed by atoms with Gasteiger partial charge in [0.2, 0.25) is 5.91 Å². The van der Waals surface area contributed by atoms with Crippen LogP contribution in [0.3, 0.4) is 0 Å². The second-order valence-corrected chi connectivity index (χ2v) is 9.83. The molecule has 0 bridgehead atoms. The van der Waals surface area contributed by atoms with E-state index in [2.05, 4.69) is 63.1 Å². The highest BCUT2D eigenvalue weighted by molar-refractivity contribution is 9.10. The molecule has 0 fully saturated rings. The predicted octanol–water partition coefficient (Wildman–Crippen LogP) is 4.35. The zero-order valence-corrected chi connectivity index (χ0v) is 21.8. The Labute approximate surface area is 226 Å². The first-order chi connectivity index (χ1) is 18.6. The number of amides is 1. The molecule has 3 aromatic heterocycles. The van der Waals surface area contributed by atoms with E-state index in [4.69, 9.17) is 0 Å². The molecule has 38 heavy (non-hydrogen) atoms. The number of nitrogens with zero attached hydrogens (tertiary/aromatic N) is 5. The number of imidazole rings is 1. The van der Waals surface area contributed by atoms with E-state index in [1.54, 1.807) is 6.33 Å². The molecule has 6 aromatic rings. The second kappa shape index (κ2) is 10.5. The Balaban J connectivity index is 1.19. The number of hydrogen-bond donors (Lipinski definition) is 4. The van der Waals surface area contributed by atoms with Gasteiger partial charge in [0.1, 0.15) is 12.6 Å². The topological polar surface area (TPSA) is 129 Å². The predicted molar refractivity (Wildman–Crippen MR) is 149 cm³/mol. The number of H-pyrrole nitrogens is 2. The third kappa shape index (κ3) is 5.00. The number of nitrogens with one attached hydrogen (secondary N) is 4. The fourth-order valence-corrected chi connectivity index (χ4v) is 4.80. The van der Waals surface area contributed by atoms with Gasteiger partial charge in [0, 0.05) is 33.8 Å². The number of hydrogen-bond acceptors (Lipinski definition) is 6. The Kier molecular flexibility index (Phi) is 6.57. The maximum absolute atomic E-state index is 12.9. The Morgan fingerprint density at radius 2 is 1.89 bits per heavy atom. The van der Waals surface area contributed by atoms with Crippen molar-refractivity contribution < 1.29 is 4.79 Å². The molecule has 4 N–H and O–H groups in total. The summed E-state index contributed by atoms with van der Waals surface area (Å²) in [5, 5.41) is 20.0. The van der Waals surface area contributed by atoms with Crippen LogP contribution in [-0.4, -0.2) is 47.6 Å². The first-order valence-corrected chi connectivity index (χ1v) is 13.0. The third-order valence-corrected chi connectivity index (χ3v) is 6.97. The van der Waals surface area contributed by atoms with Crippen molar-refractivity contribution in [1.29, 1.82) is 0 Å². The van der Waals surface area contributed by atoms with Crippen LogP contribution in [0.4, 0.5) is 5.69 Å². The van der Waals surface area contributed by atoms with Crippen molar-refractivity contribution >= 4 is 49.5 Å². The van der Waals surface area contributed by atoms with Gasteiger partial charge >= 0.3 is 0 Å². The van der Waals surface area contributed by atoms with Crippen LogP contribution in [0, 0.1) is 0 Å².